The van der Waals surface area contributed by atoms with Crippen molar-refractivity contribution in [3.05, 3.63) is 36.5 Å². The molecule has 0 fully saturated rings. The fourth-order valence-electron chi connectivity index (χ4n) is 1.48. The lowest BCUT2D eigenvalue weighted by Crippen LogP contribution is -2.20. The van der Waals surface area contributed by atoms with Gasteiger partial charge in [0.1, 0.15) is 5.75 Å². The predicted octanol–water partition coefficient (Wildman–Crippen LogP) is 0.435. The molecule has 0 aliphatic heterocycles. The molecule has 82 valence electrons. The number of rotatable bonds is 3. The quantitative estimate of drug-likeness (QED) is 0.733. The molecule has 0 amide bonds. The van der Waals surface area contributed by atoms with Crippen molar-refractivity contribution in [1.82, 2.24) is 9.78 Å². The first-order valence-corrected chi connectivity index (χ1v) is 4.78. The highest BCUT2D eigenvalue weighted by atomic mass is 16.6. The Hall–Kier alpha value is -1.79. The van der Waals surface area contributed by atoms with E-state index in [0.29, 0.717) is 5.75 Å². The van der Waals surface area contributed by atoms with Crippen LogP contribution in [0.5, 0.6) is 5.75 Å². The minimum atomic E-state index is -1.79. The van der Waals surface area contributed by atoms with Crippen molar-refractivity contribution in [2.75, 3.05) is 0 Å². The molecule has 0 aliphatic carbocycles. The molecule has 0 atom stereocenters. The second kappa shape index (κ2) is 4.38. The van der Waals surface area contributed by atoms with Gasteiger partial charge < -0.3 is 14.7 Å². The van der Waals surface area contributed by atoms with E-state index in [0.717, 1.165) is 11.3 Å². The number of hydrogen-bond acceptors (Lipinski definition) is 4. The summed E-state index contributed by atoms with van der Waals surface area (Å²) in [7, 11) is 0.0691. The second-order valence-corrected chi connectivity index (χ2v) is 3.31. The van der Waals surface area contributed by atoms with Crippen LogP contribution < -0.4 is 4.65 Å². The van der Waals surface area contributed by atoms with Gasteiger partial charge in [0.05, 0.1) is 5.69 Å². The molecule has 16 heavy (non-hydrogen) atoms. The van der Waals surface area contributed by atoms with E-state index in [9.17, 15) is 0 Å². The number of aryl methyl sites for hydroxylation is 1. The van der Waals surface area contributed by atoms with Gasteiger partial charge in [-0.1, -0.05) is 0 Å². The van der Waals surface area contributed by atoms with Gasteiger partial charge in [0, 0.05) is 18.8 Å². The highest BCUT2D eigenvalue weighted by Gasteiger charge is 2.11. The summed E-state index contributed by atoms with van der Waals surface area (Å²) in [6.07, 6.45) is 1.72. The minimum absolute atomic E-state index is 0.404. The maximum atomic E-state index is 8.62. The third kappa shape index (κ3) is 2.24. The predicted molar refractivity (Wildman–Crippen MR) is 59.5 cm³/mol. The molecule has 0 saturated heterocycles. The summed E-state index contributed by atoms with van der Waals surface area (Å²) < 4.78 is 6.47. The maximum absolute atomic E-state index is 8.62. The van der Waals surface area contributed by atoms with E-state index in [-0.39, 0.29) is 0 Å². The molecule has 1 aromatic carbocycles. The Kier molecular flexibility index (Phi) is 2.94. The molecule has 0 radical (unpaired) electrons. The molecule has 2 rings (SSSR count). The van der Waals surface area contributed by atoms with Crippen molar-refractivity contribution in [1.29, 1.82) is 0 Å². The molecule has 1 aromatic heterocycles. The van der Waals surface area contributed by atoms with Crippen LogP contribution in [0.3, 0.4) is 0 Å². The zero-order valence-corrected chi connectivity index (χ0v) is 8.74. The fraction of sp³-hybridized carbons (Fsp3) is 0.100. The van der Waals surface area contributed by atoms with Crippen molar-refractivity contribution >= 4 is 7.32 Å². The van der Waals surface area contributed by atoms with Gasteiger partial charge in [-0.15, -0.1) is 0 Å². The lowest BCUT2D eigenvalue weighted by Gasteiger charge is -2.06. The van der Waals surface area contributed by atoms with Crippen LogP contribution in [-0.2, 0) is 7.05 Å². The van der Waals surface area contributed by atoms with Crippen molar-refractivity contribution in [3.8, 4) is 17.0 Å². The van der Waals surface area contributed by atoms with Crippen LogP contribution >= 0.6 is 0 Å². The SMILES string of the molecule is Cn1nccc1-c1ccc(OB(O)O)cc1. The van der Waals surface area contributed by atoms with E-state index < -0.39 is 7.32 Å². The van der Waals surface area contributed by atoms with Gasteiger partial charge in [0.25, 0.3) is 0 Å². The molecule has 1 heterocycles. The van der Waals surface area contributed by atoms with Crippen molar-refractivity contribution in [2.24, 2.45) is 7.05 Å². The number of hydrogen-bond donors (Lipinski definition) is 2. The fourth-order valence-corrected chi connectivity index (χ4v) is 1.48. The first kappa shape index (κ1) is 10.7. The Morgan fingerprint density at radius 1 is 1.19 bits per heavy atom. The van der Waals surface area contributed by atoms with Crippen LogP contribution in [0.1, 0.15) is 0 Å². The molecule has 0 bridgehead atoms. The summed E-state index contributed by atoms with van der Waals surface area (Å²) in [5, 5.41) is 21.3. The van der Waals surface area contributed by atoms with Gasteiger partial charge in [0.2, 0.25) is 0 Å². The Labute approximate surface area is 93.1 Å². The first-order valence-electron chi connectivity index (χ1n) is 4.78. The summed E-state index contributed by atoms with van der Waals surface area (Å²) in [4.78, 5) is 0. The summed E-state index contributed by atoms with van der Waals surface area (Å²) in [6, 6.07) is 8.89. The van der Waals surface area contributed by atoms with E-state index in [2.05, 4.69) is 5.10 Å². The summed E-state index contributed by atoms with van der Waals surface area (Å²) in [6.45, 7) is 0. The van der Waals surface area contributed by atoms with E-state index in [1.54, 1.807) is 23.0 Å². The Bertz CT molecular complexity index is 467. The summed E-state index contributed by atoms with van der Waals surface area (Å²) in [5.74, 6) is 0.404. The maximum Gasteiger partial charge on any atom is 0.707 e. The number of benzene rings is 1. The Morgan fingerprint density at radius 3 is 2.38 bits per heavy atom. The third-order valence-electron chi connectivity index (χ3n) is 2.21. The lowest BCUT2D eigenvalue weighted by atomic mass is 10.1. The van der Waals surface area contributed by atoms with Gasteiger partial charge in [-0.25, -0.2) is 0 Å². The second-order valence-electron chi connectivity index (χ2n) is 3.31. The van der Waals surface area contributed by atoms with Crippen LogP contribution in [0.15, 0.2) is 36.5 Å². The molecule has 0 aliphatic rings. The smallest absolute Gasteiger partial charge is 0.512 e. The highest BCUT2D eigenvalue weighted by Crippen LogP contribution is 2.21. The van der Waals surface area contributed by atoms with E-state index in [4.69, 9.17) is 14.7 Å². The molecule has 2 aromatic rings. The van der Waals surface area contributed by atoms with Crippen molar-refractivity contribution in [3.63, 3.8) is 0 Å². The summed E-state index contributed by atoms with van der Waals surface area (Å²) >= 11 is 0. The Morgan fingerprint density at radius 2 is 1.88 bits per heavy atom. The van der Waals surface area contributed by atoms with Crippen molar-refractivity contribution in [2.45, 2.75) is 0 Å². The molecule has 6 heteroatoms. The standard InChI is InChI=1S/C10H11BN2O3/c1-13-10(6-7-12-13)8-2-4-9(5-3-8)16-11(14)15/h2-7,14-15H,1H3. The third-order valence-corrected chi connectivity index (χ3v) is 2.21. The Balaban J connectivity index is 2.23. The molecule has 5 nitrogen and oxygen atoms in total. The van der Waals surface area contributed by atoms with Gasteiger partial charge in [-0.2, -0.15) is 5.10 Å². The number of aromatic nitrogens is 2. The lowest BCUT2D eigenvalue weighted by molar-refractivity contribution is 0.288. The summed E-state index contributed by atoms with van der Waals surface area (Å²) in [5.41, 5.74) is 1.97. The van der Waals surface area contributed by atoms with Gasteiger partial charge in [-0.05, 0) is 30.3 Å². The molecule has 0 saturated carbocycles. The van der Waals surface area contributed by atoms with E-state index in [1.807, 2.05) is 25.2 Å². The van der Waals surface area contributed by atoms with E-state index >= 15 is 0 Å². The molecule has 2 N–H and O–H groups in total. The minimum Gasteiger partial charge on any atom is -0.512 e. The van der Waals surface area contributed by atoms with Crippen LogP contribution in [-0.4, -0.2) is 27.1 Å². The van der Waals surface area contributed by atoms with Crippen LogP contribution in [0.25, 0.3) is 11.3 Å². The highest BCUT2D eigenvalue weighted by molar-refractivity contribution is 6.33. The van der Waals surface area contributed by atoms with Gasteiger partial charge in [-0.3, -0.25) is 4.68 Å². The molecule has 0 spiro atoms. The van der Waals surface area contributed by atoms with Crippen LogP contribution in [0, 0.1) is 0 Å². The monoisotopic (exact) mass is 218 g/mol. The molecular formula is C10H11BN2O3. The largest absolute Gasteiger partial charge is 0.707 e. The van der Waals surface area contributed by atoms with E-state index in [1.165, 1.54) is 0 Å². The van der Waals surface area contributed by atoms with Gasteiger partial charge in [0.15, 0.2) is 0 Å². The van der Waals surface area contributed by atoms with Crippen LogP contribution in [0.4, 0.5) is 0 Å². The first-order chi connectivity index (χ1) is 7.66. The average molecular weight is 218 g/mol. The normalized spacial score (nSPS) is 10.2. The van der Waals surface area contributed by atoms with Crippen molar-refractivity contribution < 1.29 is 14.7 Å². The van der Waals surface area contributed by atoms with Crippen LogP contribution in [0.2, 0.25) is 0 Å². The topological polar surface area (TPSA) is 67.5 Å². The molecule has 0 unspecified atom stereocenters. The zero-order chi connectivity index (χ0) is 11.5. The van der Waals surface area contributed by atoms with Gasteiger partial charge >= 0.3 is 7.32 Å². The average Bonchev–Trinajstić information content (AvgIpc) is 2.65. The molecular weight excluding hydrogens is 207 g/mol. The number of nitrogens with zero attached hydrogens (tertiary/aromatic N) is 2. The zero-order valence-electron chi connectivity index (χ0n) is 8.74.